The van der Waals surface area contributed by atoms with Gasteiger partial charge in [-0.25, -0.2) is 4.98 Å². The normalized spacial score (nSPS) is 24.5. The minimum Gasteiger partial charge on any atom is -0.348 e. The van der Waals surface area contributed by atoms with Crippen molar-refractivity contribution >= 4 is 28.8 Å². The number of piperidine rings is 2. The smallest absolute Gasteiger partial charge is 0.222 e. The van der Waals surface area contributed by atoms with Crippen molar-refractivity contribution in [3.05, 3.63) is 39.6 Å². The number of likely N-dealkylation sites (tertiary alicyclic amines) is 2. The van der Waals surface area contributed by atoms with E-state index in [1.807, 2.05) is 12.3 Å². The molecule has 134 valence electrons. The molecule has 7 heteroatoms. The molecule has 2 saturated heterocycles. The summed E-state index contributed by atoms with van der Waals surface area (Å²) in [4.78, 5) is 25.6. The number of aromatic amines is 1. The number of amides is 1. The number of carbonyl (C=O) groups excluding carboxylic acids is 1. The molecular weight excluding hydrogens is 356 g/mol. The summed E-state index contributed by atoms with van der Waals surface area (Å²) in [6, 6.07) is 4.50. The van der Waals surface area contributed by atoms with Gasteiger partial charge in [0.05, 0.1) is 10.7 Å². The lowest BCUT2D eigenvalue weighted by atomic mass is 9.83. The predicted octanol–water partition coefficient (Wildman–Crippen LogP) is 3.18. The first-order chi connectivity index (χ1) is 12.2. The summed E-state index contributed by atoms with van der Waals surface area (Å²) in [7, 11) is 0. The Morgan fingerprint density at radius 2 is 2.28 bits per heavy atom. The van der Waals surface area contributed by atoms with Crippen molar-refractivity contribution in [1.29, 1.82) is 0 Å². The number of rotatable bonds is 5. The fraction of sp³-hybridized carbons (Fsp3) is 0.556. The largest absolute Gasteiger partial charge is 0.348 e. The van der Waals surface area contributed by atoms with Crippen molar-refractivity contribution in [3.63, 3.8) is 0 Å². The topological polar surface area (TPSA) is 52.2 Å². The summed E-state index contributed by atoms with van der Waals surface area (Å²) >= 11 is 7.72. The van der Waals surface area contributed by atoms with E-state index in [9.17, 15) is 4.79 Å². The average Bonchev–Trinajstić information content (AvgIpc) is 3.26. The lowest BCUT2D eigenvalue weighted by Gasteiger charge is -2.47. The van der Waals surface area contributed by atoms with E-state index in [2.05, 4.69) is 25.8 Å². The molecule has 5 nitrogen and oxygen atoms in total. The van der Waals surface area contributed by atoms with E-state index in [4.69, 9.17) is 11.6 Å². The van der Waals surface area contributed by atoms with Crippen LogP contribution in [0.5, 0.6) is 0 Å². The number of thiophene rings is 1. The van der Waals surface area contributed by atoms with Crippen LogP contribution in [-0.4, -0.2) is 51.4 Å². The first-order valence-electron chi connectivity index (χ1n) is 8.92. The predicted molar refractivity (Wildman–Crippen MR) is 99.7 cm³/mol. The van der Waals surface area contributed by atoms with Crippen LogP contribution in [0, 0.1) is 5.92 Å². The minimum atomic E-state index is 0.319. The van der Waals surface area contributed by atoms with E-state index >= 15 is 0 Å². The van der Waals surface area contributed by atoms with Crippen LogP contribution in [0.2, 0.25) is 4.34 Å². The van der Waals surface area contributed by atoms with Gasteiger partial charge in [0.25, 0.3) is 0 Å². The number of imidazole rings is 1. The summed E-state index contributed by atoms with van der Waals surface area (Å²) in [6.45, 7) is 3.89. The summed E-state index contributed by atoms with van der Waals surface area (Å²) in [6.07, 6.45) is 7.17. The Morgan fingerprint density at radius 1 is 1.36 bits per heavy atom. The molecular formula is C18H23ClN4OS. The van der Waals surface area contributed by atoms with Gasteiger partial charge in [-0.3, -0.25) is 9.69 Å². The van der Waals surface area contributed by atoms with E-state index in [-0.39, 0.29) is 0 Å². The molecule has 1 N–H and O–H groups in total. The van der Waals surface area contributed by atoms with Crippen molar-refractivity contribution in [3.8, 4) is 0 Å². The molecule has 0 spiro atoms. The highest BCUT2D eigenvalue weighted by Crippen LogP contribution is 2.33. The van der Waals surface area contributed by atoms with Crippen LogP contribution >= 0.6 is 22.9 Å². The van der Waals surface area contributed by atoms with Crippen molar-refractivity contribution in [2.75, 3.05) is 19.6 Å². The fourth-order valence-electron chi connectivity index (χ4n) is 4.18. The SMILES string of the molecule is O=C1CC[C@H]2CN(Cc3ccc(Cl)s3)CC[C@H]2N1CCc1cnc[nH]1. The van der Waals surface area contributed by atoms with Crippen molar-refractivity contribution in [2.45, 2.75) is 38.3 Å². The number of halogens is 1. The molecule has 0 saturated carbocycles. The van der Waals surface area contributed by atoms with Crippen LogP contribution < -0.4 is 0 Å². The maximum atomic E-state index is 12.5. The van der Waals surface area contributed by atoms with Crippen LogP contribution in [0.4, 0.5) is 0 Å². The van der Waals surface area contributed by atoms with Crippen molar-refractivity contribution in [1.82, 2.24) is 19.8 Å². The molecule has 0 aromatic carbocycles. The summed E-state index contributed by atoms with van der Waals surface area (Å²) in [5.41, 5.74) is 1.10. The van der Waals surface area contributed by atoms with Gasteiger partial charge in [-0.05, 0) is 30.9 Å². The standard InChI is InChI=1S/C18H23ClN4OS/c19-17-3-2-15(25-17)11-22-7-6-16-13(10-22)1-4-18(24)23(16)8-5-14-9-20-12-21-14/h2-3,9,12-13,16H,1,4-8,10-11H2,(H,20,21)/t13-,16+/m0/s1. The summed E-state index contributed by atoms with van der Waals surface area (Å²) in [5.74, 6) is 0.905. The Balaban J connectivity index is 1.37. The third-order valence-electron chi connectivity index (χ3n) is 5.41. The second-order valence-electron chi connectivity index (χ2n) is 7.01. The van der Waals surface area contributed by atoms with Crippen LogP contribution in [0.15, 0.2) is 24.7 Å². The Kier molecular flexibility index (Phi) is 5.10. The number of H-pyrrole nitrogens is 1. The molecule has 2 atom stereocenters. The third-order valence-corrected chi connectivity index (χ3v) is 6.63. The molecule has 2 aromatic heterocycles. The van der Waals surface area contributed by atoms with Gasteiger partial charge in [0.15, 0.2) is 0 Å². The number of nitrogens with zero attached hydrogens (tertiary/aromatic N) is 3. The van der Waals surface area contributed by atoms with Gasteiger partial charge in [-0.15, -0.1) is 11.3 Å². The number of hydrogen-bond acceptors (Lipinski definition) is 4. The van der Waals surface area contributed by atoms with Crippen LogP contribution in [-0.2, 0) is 17.8 Å². The van der Waals surface area contributed by atoms with Gasteiger partial charge in [-0.2, -0.15) is 0 Å². The van der Waals surface area contributed by atoms with Gasteiger partial charge in [0, 0.05) is 61.8 Å². The molecule has 2 aromatic rings. The summed E-state index contributed by atoms with van der Waals surface area (Å²) < 4.78 is 0.859. The highest BCUT2D eigenvalue weighted by atomic mass is 35.5. The molecule has 1 amide bonds. The van der Waals surface area contributed by atoms with E-state index in [0.29, 0.717) is 24.3 Å². The Labute approximate surface area is 157 Å². The van der Waals surface area contributed by atoms with Gasteiger partial charge in [0.1, 0.15) is 0 Å². The molecule has 0 radical (unpaired) electrons. The highest BCUT2D eigenvalue weighted by molar-refractivity contribution is 7.16. The molecule has 0 unspecified atom stereocenters. The van der Waals surface area contributed by atoms with E-state index in [1.54, 1.807) is 17.7 Å². The number of carbonyl (C=O) groups is 1. The van der Waals surface area contributed by atoms with Crippen LogP contribution in [0.25, 0.3) is 0 Å². The Hall–Kier alpha value is -1.37. The lowest BCUT2D eigenvalue weighted by Crippen LogP contribution is -2.56. The van der Waals surface area contributed by atoms with Gasteiger partial charge < -0.3 is 9.88 Å². The zero-order valence-electron chi connectivity index (χ0n) is 14.2. The molecule has 0 bridgehead atoms. The first kappa shape index (κ1) is 17.1. The number of aromatic nitrogens is 2. The Bertz CT molecular complexity index is 716. The fourth-order valence-corrected chi connectivity index (χ4v) is 5.31. The third kappa shape index (κ3) is 3.91. The van der Waals surface area contributed by atoms with Crippen molar-refractivity contribution in [2.24, 2.45) is 5.92 Å². The minimum absolute atomic E-state index is 0.319. The zero-order valence-corrected chi connectivity index (χ0v) is 15.7. The van der Waals surface area contributed by atoms with E-state index in [0.717, 1.165) is 55.5 Å². The second kappa shape index (κ2) is 7.48. The molecule has 2 aliphatic heterocycles. The van der Waals surface area contributed by atoms with Gasteiger partial charge >= 0.3 is 0 Å². The Morgan fingerprint density at radius 3 is 3.04 bits per heavy atom. The monoisotopic (exact) mass is 378 g/mol. The molecule has 0 aliphatic carbocycles. The maximum absolute atomic E-state index is 12.5. The molecule has 4 heterocycles. The van der Waals surface area contributed by atoms with E-state index in [1.165, 1.54) is 4.88 Å². The molecule has 4 rings (SSSR count). The van der Waals surface area contributed by atoms with E-state index < -0.39 is 0 Å². The lowest BCUT2D eigenvalue weighted by molar-refractivity contribution is -0.141. The second-order valence-corrected chi connectivity index (χ2v) is 8.81. The van der Waals surface area contributed by atoms with Gasteiger partial charge in [-0.1, -0.05) is 11.6 Å². The van der Waals surface area contributed by atoms with Crippen LogP contribution in [0.1, 0.15) is 29.8 Å². The zero-order chi connectivity index (χ0) is 17.2. The maximum Gasteiger partial charge on any atom is 0.222 e. The first-order valence-corrected chi connectivity index (χ1v) is 10.1. The van der Waals surface area contributed by atoms with Gasteiger partial charge in [0.2, 0.25) is 5.91 Å². The van der Waals surface area contributed by atoms with Crippen LogP contribution in [0.3, 0.4) is 0 Å². The molecule has 25 heavy (non-hydrogen) atoms. The molecule has 2 fully saturated rings. The summed E-state index contributed by atoms with van der Waals surface area (Å²) in [5, 5.41) is 0. The average molecular weight is 379 g/mol. The number of hydrogen-bond donors (Lipinski definition) is 1. The molecule has 2 aliphatic rings. The number of nitrogens with one attached hydrogen (secondary N) is 1. The quantitative estimate of drug-likeness (QED) is 0.869. The highest BCUT2D eigenvalue weighted by Gasteiger charge is 2.39. The number of fused-ring (bicyclic) bond motifs is 1. The van der Waals surface area contributed by atoms with Crippen molar-refractivity contribution < 1.29 is 4.79 Å².